The number of aryl methyl sites for hydroxylation is 1. The fourth-order valence-electron chi connectivity index (χ4n) is 3.55. The molecule has 0 unspecified atom stereocenters. The molecule has 0 radical (unpaired) electrons. The van der Waals surface area contributed by atoms with Crippen LogP contribution < -0.4 is 0 Å². The minimum absolute atomic E-state index is 0.106. The van der Waals surface area contributed by atoms with E-state index in [2.05, 4.69) is 46.2 Å². The van der Waals surface area contributed by atoms with Gasteiger partial charge in [0.05, 0.1) is 12.6 Å². The molecule has 4 rings (SSSR count). The Kier molecular flexibility index (Phi) is 4.36. The van der Waals surface area contributed by atoms with E-state index in [0.29, 0.717) is 17.8 Å². The average molecular weight is 337 g/mol. The molecule has 1 aliphatic rings. The number of nitrogens with zero attached hydrogens (tertiary/aromatic N) is 5. The van der Waals surface area contributed by atoms with E-state index in [4.69, 9.17) is 4.42 Å². The molecule has 25 heavy (non-hydrogen) atoms. The van der Waals surface area contributed by atoms with Crippen LogP contribution in [0.2, 0.25) is 0 Å². The van der Waals surface area contributed by atoms with E-state index in [9.17, 15) is 0 Å². The third-order valence-electron chi connectivity index (χ3n) is 4.97. The third-order valence-corrected chi connectivity index (χ3v) is 4.97. The van der Waals surface area contributed by atoms with E-state index >= 15 is 0 Å². The van der Waals surface area contributed by atoms with Gasteiger partial charge in [0.25, 0.3) is 0 Å². The van der Waals surface area contributed by atoms with Gasteiger partial charge in [-0.2, -0.15) is 5.10 Å². The molecule has 0 spiro atoms. The summed E-state index contributed by atoms with van der Waals surface area (Å²) in [7, 11) is 0. The van der Waals surface area contributed by atoms with Gasteiger partial charge in [0.15, 0.2) is 0 Å². The SMILES string of the molecule is Cc1ccc(-c2nnc([C@@H](C)N3CCC[C@H]3Cn3cccn3)o2)cc1. The molecule has 3 heterocycles. The summed E-state index contributed by atoms with van der Waals surface area (Å²) >= 11 is 0. The van der Waals surface area contributed by atoms with Gasteiger partial charge in [0, 0.05) is 24.0 Å². The van der Waals surface area contributed by atoms with E-state index in [1.165, 1.54) is 18.4 Å². The van der Waals surface area contributed by atoms with Gasteiger partial charge in [-0.15, -0.1) is 10.2 Å². The third kappa shape index (κ3) is 3.35. The van der Waals surface area contributed by atoms with Crippen LogP contribution in [0.4, 0.5) is 0 Å². The Morgan fingerprint density at radius 2 is 2.08 bits per heavy atom. The highest BCUT2D eigenvalue weighted by atomic mass is 16.4. The predicted octanol–water partition coefficient (Wildman–Crippen LogP) is 3.47. The molecule has 130 valence electrons. The first-order valence-corrected chi connectivity index (χ1v) is 8.84. The Bertz CT molecular complexity index is 809. The fourth-order valence-corrected chi connectivity index (χ4v) is 3.55. The lowest BCUT2D eigenvalue weighted by Gasteiger charge is -2.28. The molecule has 0 saturated carbocycles. The van der Waals surface area contributed by atoms with E-state index in [1.54, 1.807) is 0 Å². The van der Waals surface area contributed by atoms with Crippen molar-refractivity contribution in [3.63, 3.8) is 0 Å². The number of aromatic nitrogens is 4. The molecule has 6 nitrogen and oxygen atoms in total. The van der Waals surface area contributed by atoms with E-state index in [-0.39, 0.29) is 6.04 Å². The molecule has 1 aromatic carbocycles. The number of likely N-dealkylation sites (tertiary alicyclic amines) is 1. The summed E-state index contributed by atoms with van der Waals surface area (Å²) in [4.78, 5) is 2.45. The predicted molar refractivity (Wildman–Crippen MR) is 94.8 cm³/mol. The Labute approximate surface area is 147 Å². The smallest absolute Gasteiger partial charge is 0.247 e. The maximum atomic E-state index is 5.98. The summed E-state index contributed by atoms with van der Waals surface area (Å²) in [6, 6.07) is 10.7. The first-order chi connectivity index (χ1) is 12.2. The maximum Gasteiger partial charge on any atom is 0.247 e. The van der Waals surface area contributed by atoms with Crippen molar-refractivity contribution in [3.05, 3.63) is 54.2 Å². The van der Waals surface area contributed by atoms with Gasteiger partial charge in [-0.25, -0.2) is 0 Å². The normalized spacial score (nSPS) is 19.4. The summed E-state index contributed by atoms with van der Waals surface area (Å²) in [5.41, 5.74) is 2.18. The topological polar surface area (TPSA) is 60.0 Å². The summed E-state index contributed by atoms with van der Waals surface area (Å²) in [6.07, 6.45) is 6.20. The van der Waals surface area contributed by atoms with Gasteiger partial charge < -0.3 is 4.42 Å². The largest absolute Gasteiger partial charge is 0.419 e. The zero-order valence-electron chi connectivity index (χ0n) is 14.7. The average Bonchev–Trinajstić information content (AvgIpc) is 3.37. The molecule has 0 bridgehead atoms. The second-order valence-corrected chi connectivity index (χ2v) is 6.75. The van der Waals surface area contributed by atoms with Crippen LogP contribution in [-0.4, -0.2) is 37.5 Å². The van der Waals surface area contributed by atoms with E-state index < -0.39 is 0 Å². The Morgan fingerprint density at radius 3 is 2.84 bits per heavy atom. The van der Waals surface area contributed by atoms with Crippen molar-refractivity contribution in [1.82, 2.24) is 24.9 Å². The molecule has 1 fully saturated rings. The Hall–Kier alpha value is -2.47. The lowest BCUT2D eigenvalue weighted by atomic mass is 10.1. The molecule has 2 atom stereocenters. The van der Waals surface area contributed by atoms with Crippen LogP contribution in [0.5, 0.6) is 0 Å². The number of benzene rings is 1. The minimum atomic E-state index is 0.106. The minimum Gasteiger partial charge on any atom is -0.419 e. The second kappa shape index (κ2) is 6.80. The summed E-state index contributed by atoms with van der Waals surface area (Å²) < 4.78 is 7.98. The lowest BCUT2D eigenvalue weighted by Crippen LogP contribution is -2.35. The first kappa shape index (κ1) is 16.0. The second-order valence-electron chi connectivity index (χ2n) is 6.75. The molecular formula is C19H23N5O. The highest BCUT2D eigenvalue weighted by Crippen LogP contribution is 2.30. The fraction of sp³-hybridized carbons (Fsp3) is 0.421. The number of hydrogen-bond acceptors (Lipinski definition) is 5. The zero-order valence-corrected chi connectivity index (χ0v) is 14.7. The molecule has 0 N–H and O–H groups in total. The van der Waals surface area contributed by atoms with E-state index in [0.717, 1.165) is 18.7 Å². The lowest BCUT2D eigenvalue weighted by molar-refractivity contribution is 0.152. The molecule has 0 aliphatic carbocycles. The van der Waals surface area contributed by atoms with Crippen molar-refractivity contribution in [2.75, 3.05) is 6.54 Å². The summed E-state index contributed by atoms with van der Waals surface area (Å²) in [5.74, 6) is 1.27. The van der Waals surface area contributed by atoms with Crippen LogP contribution in [0.3, 0.4) is 0 Å². The highest BCUT2D eigenvalue weighted by molar-refractivity contribution is 5.52. The molecule has 2 aromatic heterocycles. The standard InChI is InChI=1S/C19H23N5O/c1-14-6-8-16(9-7-14)19-22-21-18(25-19)15(2)24-12-3-5-17(24)13-23-11-4-10-20-23/h4,6-11,15,17H,3,5,12-13H2,1-2H3/t15-,17+/m1/s1. The first-order valence-electron chi connectivity index (χ1n) is 8.84. The van der Waals surface area contributed by atoms with Crippen LogP contribution in [0.1, 0.15) is 37.3 Å². The Morgan fingerprint density at radius 1 is 1.24 bits per heavy atom. The van der Waals surface area contributed by atoms with Crippen LogP contribution in [0.25, 0.3) is 11.5 Å². The van der Waals surface area contributed by atoms with Crippen molar-refractivity contribution in [2.45, 2.75) is 45.3 Å². The quantitative estimate of drug-likeness (QED) is 0.713. The van der Waals surface area contributed by atoms with Gasteiger partial charge in [0.1, 0.15) is 0 Å². The summed E-state index contributed by atoms with van der Waals surface area (Å²) in [5, 5.41) is 12.9. The molecule has 1 aliphatic heterocycles. The summed E-state index contributed by atoms with van der Waals surface area (Å²) in [6.45, 7) is 6.16. The van der Waals surface area contributed by atoms with Crippen LogP contribution >= 0.6 is 0 Å². The number of hydrogen-bond donors (Lipinski definition) is 0. The molecule has 0 amide bonds. The number of rotatable bonds is 5. The van der Waals surface area contributed by atoms with E-state index in [1.807, 2.05) is 35.3 Å². The van der Waals surface area contributed by atoms with Crippen molar-refractivity contribution < 1.29 is 4.42 Å². The molecule has 1 saturated heterocycles. The molecular weight excluding hydrogens is 314 g/mol. The molecule has 3 aromatic rings. The van der Waals surface area contributed by atoms with Gasteiger partial charge in [-0.3, -0.25) is 9.58 Å². The van der Waals surface area contributed by atoms with Crippen LogP contribution in [-0.2, 0) is 6.54 Å². The van der Waals surface area contributed by atoms with Gasteiger partial charge in [-0.1, -0.05) is 17.7 Å². The van der Waals surface area contributed by atoms with Gasteiger partial charge >= 0.3 is 0 Å². The van der Waals surface area contributed by atoms with Crippen LogP contribution in [0.15, 0.2) is 47.1 Å². The van der Waals surface area contributed by atoms with Crippen LogP contribution in [0, 0.1) is 6.92 Å². The highest BCUT2D eigenvalue weighted by Gasteiger charge is 2.32. The van der Waals surface area contributed by atoms with Crippen molar-refractivity contribution >= 4 is 0 Å². The van der Waals surface area contributed by atoms with Crippen molar-refractivity contribution in [1.29, 1.82) is 0 Å². The zero-order chi connectivity index (χ0) is 17.2. The van der Waals surface area contributed by atoms with Gasteiger partial charge in [0.2, 0.25) is 11.8 Å². The maximum absolute atomic E-state index is 5.98. The van der Waals surface area contributed by atoms with Crippen molar-refractivity contribution in [2.24, 2.45) is 0 Å². The molecule has 6 heteroatoms. The monoisotopic (exact) mass is 337 g/mol. The van der Waals surface area contributed by atoms with Gasteiger partial charge in [-0.05, 0) is 51.4 Å². The Balaban J connectivity index is 1.50. The van der Waals surface area contributed by atoms with Crippen molar-refractivity contribution in [3.8, 4) is 11.5 Å².